The number of thiophene rings is 1. The molecule has 0 unspecified atom stereocenters. The lowest BCUT2D eigenvalue weighted by molar-refractivity contribution is 0.0463. The van der Waals surface area contributed by atoms with E-state index in [-0.39, 0.29) is 12.2 Å². The van der Waals surface area contributed by atoms with Crippen LogP contribution in [0.3, 0.4) is 0 Å². The number of hydrogen-bond acceptors (Lipinski definition) is 5. The molecule has 0 saturated carbocycles. The van der Waals surface area contributed by atoms with Crippen molar-refractivity contribution in [3.05, 3.63) is 63.5 Å². The molecule has 0 aliphatic heterocycles. The Balaban J connectivity index is 1.66. The number of carbonyl (C=O) groups excluding carboxylic acids is 1. The van der Waals surface area contributed by atoms with Gasteiger partial charge in [-0.2, -0.15) is 11.3 Å². The van der Waals surface area contributed by atoms with Gasteiger partial charge in [0.1, 0.15) is 17.4 Å². The molecule has 0 aliphatic carbocycles. The minimum Gasteiger partial charge on any atom is -0.455 e. The highest BCUT2D eigenvalue weighted by molar-refractivity contribution is 7.14. The van der Waals surface area contributed by atoms with Crippen LogP contribution in [0.2, 0.25) is 0 Å². The molecule has 0 saturated heterocycles. The van der Waals surface area contributed by atoms with Gasteiger partial charge in [-0.25, -0.2) is 14.2 Å². The summed E-state index contributed by atoms with van der Waals surface area (Å²) in [6, 6.07) is 7.74. The van der Waals surface area contributed by atoms with Gasteiger partial charge < -0.3 is 4.74 Å². The van der Waals surface area contributed by atoms with Crippen LogP contribution in [-0.2, 0) is 11.3 Å². The van der Waals surface area contributed by atoms with Crippen LogP contribution in [0.25, 0.3) is 10.6 Å². The maximum absolute atomic E-state index is 13.4. The number of carbonyl (C=O) groups is 1. The average Bonchev–Trinajstić information content (AvgIpc) is 3.16. The van der Waals surface area contributed by atoms with Crippen LogP contribution in [0.1, 0.15) is 16.1 Å². The second-order valence-electron chi connectivity index (χ2n) is 4.21. The summed E-state index contributed by atoms with van der Waals surface area (Å²) in [6.07, 6.45) is 0. The molecule has 106 valence electrons. The molecule has 21 heavy (non-hydrogen) atoms. The molecule has 2 aromatic heterocycles. The van der Waals surface area contributed by atoms with Crippen molar-refractivity contribution in [2.45, 2.75) is 6.61 Å². The lowest BCUT2D eigenvalue weighted by Crippen LogP contribution is -2.07. The van der Waals surface area contributed by atoms with E-state index in [0.717, 1.165) is 10.6 Å². The fraction of sp³-hybridized carbons (Fsp3) is 0.0667. The molecule has 0 amide bonds. The van der Waals surface area contributed by atoms with E-state index >= 15 is 0 Å². The summed E-state index contributed by atoms with van der Waals surface area (Å²) in [4.78, 5) is 16.2. The molecule has 0 bridgehead atoms. The van der Waals surface area contributed by atoms with E-state index in [0.29, 0.717) is 5.69 Å². The first kappa shape index (κ1) is 13.9. The number of rotatable bonds is 4. The largest absolute Gasteiger partial charge is 0.455 e. The summed E-state index contributed by atoms with van der Waals surface area (Å²) in [7, 11) is 0. The standard InChI is InChI=1S/C15H10FNO2S2/c16-13-4-2-1-3-12(13)15(18)19-7-11-9-21-14(17-11)10-5-6-20-8-10/h1-6,8-9H,7H2. The summed E-state index contributed by atoms with van der Waals surface area (Å²) in [5, 5.41) is 6.71. The van der Waals surface area contributed by atoms with E-state index < -0.39 is 11.8 Å². The number of benzene rings is 1. The van der Waals surface area contributed by atoms with Gasteiger partial charge in [0.2, 0.25) is 0 Å². The molecule has 2 heterocycles. The molecule has 3 rings (SSSR count). The van der Waals surface area contributed by atoms with Crippen molar-refractivity contribution in [2.75, 3.05) is 0 Å². The predicted octanol–water partition coefficient (Wildman–Crippen LogP) is 4.37. The van der Waals surface area contributed by atoms with Gasteiger partial charge in [-0.3, -0.25) is 0 Å². The predicted molar refractivity (Wildman–Crippen MR) is 80.9 cm³/mol. The first-order valence-corrected chi connectivity index (χ1v) is 7.95. The van der Waals surface area contributed by atoms with Gasteiger partial charge in [-0.05, 0) is 23.6 Å². The third-order valence-electron chi connectivity index (χ3n) is 2.76. The van der Waals surface area contributed by atoms with Crippen molar-refractivity contribution >= 4 is 28.6 Å². The highest BCUT2D eigenvalue weighted by Crippen LogP contribution is 2.26. The van der Waals surface area contributed by atoms with Crippen LogP contribution in [0.4, 0.5) is 4.39 Å². The number of hydrogen-bond donors (Lipinski definition) is 0. The third-order valence-corrected chi connectivity index (χ3v) is 4.39. The Bertz CT molecular complexity index is 753. The van der Waals surface area contributed by atoms with Crippen molar-refractivity contribution < 1.29 is 13.9 Å². The second-order valence-corrected chi connectivity index (χ2v) is 5.85. The zero-order valence-corrected chi connectivity index (χ0v) is 12.4. The number of aromatic nitrogens is 1. The van der Waals surface area contributed by atoms with Crippen molar-refractivity contribution in [1.29, 1.82) is 0 Å². The van der Waals surface area contributed by atoms with E-state index in [1.807, 2.05) is 22.2 Å². The Labute approximate surface area is 128 Å². The van der Waals surface area contributed by atoms with Crippen LogP contribution >= 0.6 is 22.7 Å². The fourth-order valence-electron chi connectivity index (χ4n) is 1.74. The van der Waals surface area contributed by atoms with E-state index in [2.05, 4.69) is 4.98 Å². The first-order chi connectivity index (χ1) is 10.2. The van der Waals surface area contributed by atoms with Gasteiger partial charge >= 0.3 is 5.97 Å². The van der Waals surface area contributed by atoms with Gasteiger partial charge in [0.05, 0.1) is 11.3 Å². The summed E-state index contributed by atoms with van der Waals surface area (Å²) in [5.74, 6) is -1.27. The minimum atomic E-state index is -0.682. The Morgan fingerprint density at radius 2 is 2.10 bits per heavy atom. The number of thiazole rings is 1. The summed E-state index contributed by atoms with van der Waals surface area (Å²) >= 11 is 3.09. The zero-order valence-electron chi connectivity index (χ0n) is 10.8. The quantitative estimate of drug-likeness (QED) is 0.670. The Kier molecular flexibility index (Phi) is 4.08. The van der Waals surface area contributed by atoms with E-state index in [9.17, 15) is 9.18 Å². The molecule has 0 N–H and O–H groups in total. The van der Waals surface area contributed by atoms with Gasteiger partial charge in [0.15, 0.2) is 0 Å². The van der Waals surface area contributed by atoms with Crippen LogP contribution in [0.5, 0.6) is 0 Å². The number of esters is 1. The topological polar surface area (TPSA) is 39.2 Å². The van der Waals surface area contributed by atoms with Gasteiger partial charge in [-0.15, -0.1) is 11.3 Å². The molecule has 0 aliphatic rings. The maximum atomic E-state index is 13.4. The monoisotopic (exact) mass is 319 g/mol. The molecule has 3 aromatic rings. The van der Waals surface area contributed by atoms with Crippen LogP contribution in [0, 0.1) is 5.82 Å². The Morgan fingerprint density at radius 1 is 1.24 bits per heavy atom. The van der Waals surface area contributed by atoms with Crippen molar-refractivity contribution in [3.8, 4) is 10.6 Å². The Morgan fingerprint density at radius 3 is 2.86 bits per heavy atom. The average molecular weight is 319 g/mol. The van der Waals surface area contributed by atoms with E-state index in [1.165, 1.54) is 29.5 Å². The molecular weight excluding hydrogens is 309 g/mol. The summed E-state index contributed by atoms with van der Waals surface area (Å²) in [5.41, 5.74) is 1.65. The molecule has 3 nitrogen and oxygen atoms in total. The smallest absolute Gasteiger partial charge is 0.341 e. The molecule has 0 spiro atoms. The minimum absolute atomic E-state index is 0.0355. The maximum Gasteiger partial charge on any atom is 0.341 e. The van der Waals surface area contributed by atoms with Crippen molar-refractivity contribution in [1.82, 2.24) is 4.98 Å². The third kappa shape index (κ3) is 3.17. The van der Waals surface area contributed by atoms with Crippen molar-refractivity contribution in [2.24, 2.45) is 0 Å². The number of ether oxygens (including phenoxy) is 1. The second kappa shape index (κ2) is 6.15. The normalized spacial score (nSPS) is 10.5. The van der Waals surface area contributed by atoms with Gasteiger partial charge in [-0.1, -0.05) is 12.1 Å². The zero-order chi connectivity index (χ0) is 14.7. The number of halogens is 1. The highest BCUT2D eigenvalue weighted by Gasteiger charge is 2.13. The van der Waals surface area contributed by atoms with Crippen LogP contribution < -0.4 is 0 Å². The highest BCUT2D eigenvalue weighted by atomic mass is 32.1. The fourth-order valence-corrected chi connectivity index (χ4v) is 3.25. The molecule has 0 fully saturated rings. The number of nitrogens with zero attached hydrogens (tertiary/aromatic N) is 1. The van der Waals surface area contributed by atoms with E-state index in [4.69, 9.17) is 4.74 Å². The molecule has 0 atom stereocenters. The van der Waals surface area contributed by atoms with Gasteiger partial charge in [0.25, 0.3) is 0 Å². The lowest BCUT2D eigenvalue weighted by atomic mass is 10.2. The molecule has 6 heteroatoms. The summed E-state index contributed by atoms with van der Waals surface area (Å²) < 4.78 is 18.5. The van der Waals surface area contributed by atoms with E-state index in [1.54, 1.807) is 17.4 Å². The lowest BCUT2D eigenvalue weighted by Gasteiger charge is -2.03. The molecular formula is C15H10FNO2S2. The molecule has 1 aromatic carbocycles. The van der Waals surface area contributed by atoms with Gasteiger partial charge in [0, 0.05) is 16.3 Å². The van der Waals surface area contributed by atoms with Crippen LogP contribution in [-0.4, -0.2) is 11.0 Å². The molecule has 0 radical (unpaired) electrons. The van der Waals surface area contributed by atoms with Crippen LogP contribution in [0.15, 0.2) is 46.5 Å². The summed E-state index contributed by atoms with van der Waals surface area (Å²) in [6.45, 7) is 0.0355. The van der Waals surface area contributed by atoms with Crippen molar-refractivity contribution in [3.63, 3.8) is 0 Å². The Hall–Kier alpha value is -2.05. The SMILES string of the molecule is O=C(OCc1csc(-c2ccsc2)n1)c1ccccc1F. The first-order valence-electron chi connectivity index (χ1n) is 6.12.